The minimum Gasteiger partial charge on any atom is -0.379 e. The highest BCUT2D eigenvalue weighted by atomic mass is 35.5. The van der Waals surface area contributed by atoms with Gasteiger partial charge in [0.15, 0.2) is 0 Å². The quantitative estimate of drug-likeness (QED) is 0.356. The van der Waals surface area contributed by atoms with Crippen LogP contribution in [0, 0.1) is 0 Å². The molecule has 0 aliphatic heterocycles. The smallest absolute Gasteiger partial charge is 0.379 e. The lowest BCUT2D eigenvalue weighted by molar-refractivity contribution is -0.137. The zero-order valence-corrected chi connectivity index (χ0v) is 18.2. The average Bonchev–Trinajstić information content (AvgIpc) is 2.71. The molecular formula is C19H24Cl2F3N5O2. The number of hydrogen-bond donors (Lipinski definition) is 3. The number of alkyl halides is 3. The molecule has 1 heterocycles. The molecule has 0 saturated heterocycles. The number of hydrogen-bond acceptors (Lipinski definition) is 7. The molecule has 2 aromatic rings. The van der Waals surface area contributed by atoms with Gasteiger partial charge in [-0.05, 0) is 37.6 Å². The molecule has 0 unspecified atom stereocenters. The van der Waals surface area contributed by atoms with Gasteiger partial charge in [-0.25, -0.2) is 4.98 Å². The summed E-state index contributed by atoms with van der Waals surface area (Å²) in [7, 11) is 0. The molecule has 0 radical (unpaired) electrons. The van der Waals surface area contributed by atoms with Crippen molar-refractivity contribution in [3.63, 3.8) is 0 Å². The standard InChI is InChI=1S/C19H24Cl2F3N5O2/c20-15-4-3-13(11-16(15)21)28-18-27-12-14(19(22,23)24)17(29-18)26-6-2-8-31-10-9-30-7-1-5-25/h3-4,11-12H,1-2,5-10,25H2,(H2,26,27,28,29). The van der Waals surface area contributed by atoms with Gasteiger partial charge >= 0.3 is 6.18 Å². The summed E-state index contributed by atoms with van der Waals surface area (Å²) in [6.45, 7) is 2.60. The Morgan fingerprint density at radius 3 is 2.35 bits per heavy atom. The summed E-state index contributed by atoms with van der Waals surface area (Å²) >= 11 is 11.8. The fraction of sp³-hybridized carbons (Fsp3) is 0.474. The predicted molar refractivity (Wildman–Crippen MR) is 115 cm³/mol. The Labute approximate surface area is 188 Å². The maximum absolute atomic E-state index is 13.3. The lowest BCUT2D eigenvalue weighted by Crippen LogP contribution is -2.16. The molecule has 0 saturated carbocycles. The van der Waals surface area contributed by atoms with Gasteiger partial charge in [0, 0.05) is 31.6 Å². The van der Waals surface area contributed by atoms with E-state index in [0.29, 0.717) is 55.1 Å². The van der Waals surface area contributed by atoms with Crippen molar-refractivity contribution in [1.82, 2.24) is 9.97 Å². The second-order valence-corrected chi connectivity index (χ2v) is 7.17. The van der Waals surface area contributed by atoms with Crippen LogP contribution in [0.3, 0.4) is 0 Å². The predicted octanol–water partition coefficient (Wildman–Crippen LogP) is 4.73. The van der Waals surface area contributed by atoms with Gasteiger partial charge in [-0.2, -0.15) is 18.2 Å². The first-order valence-corrected chi connectivity index (χ1v) is 10.3. The van der Waals surface area contributed by atoms with E-state index in [0.717, 1.165) is 12.6 Å². The van der Waals surface area contributed by atoms with E-state index in [1.165, 1.54) is 6.07 Å². The highest BCUT2D eigenvalue weighted by Gasteiger charge is 2.35. The number of halogens is 5. The second-order valence-electron chi connectivity index (χ2n) is 6.35. The maximum atomic E-state index is 13.3. The second kappa shape index (κ2) is 12.9. The number of aromatic nitrogens is 2. The average molecular weight is 482 g/mol. The van der Waals surface area contributed by atoms with Crippen LogP contribution >= 0.6 is 23.2 Å². The molecule has 0 spiro atoms. The van der Waals surface area contributed by atoms with Crippen LogP contribution in [0.5, 0.6) is 0 Å². The Kier molecular flexibility index (Phi) is 10.6. The first-order valence-electron chi connectivity index (χ1n) is 9.57. The van der Waals surface area contributed by atoms with Gasteiger partial charge < -0.3 is 25.8 Å². The number of rotatable bonds is 13. The van der Waals surface area contributed by atoms with Crippen LogP contribution < -0.4 is 16.4 Å². The van der Waals surface area contributed by atoms with Gasteiger partial charge in [0.2, 0.25) is 5.95 Å². The topological polar surface area (TPSA) is 94.3 Å². The zero-order valence-electron chi connectivity index (χ0n) is 16.6. The minimum absolute atomic E-state index is 0.0141. The molecular weight excluding hydrogens is 458 g/mol. The molecule has 0 atom stereocenters. The Hall–Kier alpha value is -1.85. The molecule has 1 aromatic heterocycles. The Bertz CT molecular complexity index is 828. The van der Waals surface area contributed by atoms with Crippen molar-refractivity contribution in [2.24, 2.45) is 5.73 Å². The SMILES string of the molecule is NCCCOCCOCCCNc1nc(Nc2ccc(Cl)c(Cl)c2)ncc1C(F)(F)F. The summed E-state index contributed by atoms with van der Waals surface area (Å²) in [5.74, 6) is -0.338. The van der Waals surface area contributed by atoms with E-state index in [2.05, 4.69) is 20.6 Å². The van der Waals surface area contributed by atoms with Crippen LogP contribution in [0.4, 0.5) is 30.6 Å². The molecule has 1 aromatic carbocycles. The van der Waals surface area contributed by atoms with Gasteiger partial charge in [-0.15, -0.1) is 0 Å². The zero-order chi connectivity index (χ0) is 22.7. The van der Waals surface area contributed by atoms with E-state index in [1.807, 2.05) is 0 Å². The van der Waals surface area contributed by atoms with Gasteiger partial charge in [-0.3, -0.25) is 0 Å². The van der Waals surface area contributed by atoms with Crippen molar-refractivity contribution in [3.05, 3.63) is 40.0 Å². The van der Waals surface area contributed by atoms with Crippen molar-refractivity contribution in [1.29, 1.82) is 0 Å². The van der Waals surface area contributed by atoms with Crippen molar-refractivity contribution >= 4 is 40.7 Å². The first-order chi connectivity index (χ1) is 14.8. The third-order valence-electron chi connectivity index (χ3n) is 3.89. The molecule has 172 valence electrons. The van der Waals surface area contributed by atoms with Crippen molar-refractivity contribution in [2.75, 3.05) is 50.2 Å². The summed E-state index contributed by atoms with van der Waals surface area (Å²) in [5.41, 5.74) is 4.89. The van der Waals surface area contributed by atoms with E-state index in [4.69, 9.17) is 38.4 Å². The number of nitrogens with two attached hydrogens (primary N) is 1. The maximum Gasteiger partial charge on any atom is 0.421 e. The molecule has 2 rings (SSSR count). The number of ether oxygens (including phenoxy) is 2. The van der Waals surface area contributed by atoms with Crippen molar-refractivity contribution < 1.29 is 22.6 Å². The van der Waals surface area contributed by atoms with Crippen LogP contribution in [-0.4, -0.2) is 49.5 Å². The van der Waals surface area contributed by atoms with Gasteiger partial charge in [0.25, 0.3) is 0 Å². The Morgan fingerprint density at radius 2 is 1.71 bits per heavy atom. The van der Waals surface area contributed by atoms with Crippen LogP contribution in [-0.2, 0) is 15.7 Å². The lowest BCUT2D eigenvalue weighted by atomic mass is 10.3. The van der Waals surface area contributed by atoms with E-state index in [1.54, 1.807) is 12.1 Å². The van der Waals surface area contributed by atoms with Gasteiger partial charge in [-0.1, -0.05) is 23.2 Å². The highest BCUT2D eigenvalue weighted by Crippen LogP contribution is 2.34. The summed E-state index contributed by atoms with van der Waals surface area (Å²) in [4.78, 5) is 7.71. The van der Waals surface area contributed by atoms with Crippen LogP contribution in [0.2, 0.25) is 10.0 Å². The molecule has 0 amide bonds. The van der Waals surface area contributed by atoms with Crippen LogP contribution in [0.1, 0.15) is 18.4 Å². The monoisotopic (exact) mass is 481 g/mol. The van der Waals surface area contributed by atoms with E-state index < -0.39 is 11.7 Å². The highest BCUT2D eigenvalue weighted by molar-refractivity contribution is 6.42. The minimum atomic E-state index is -4.60. The fourth-order valence-corrected chi connectivity index (χ4v) is 2.67. The largest absolute Gasteiger partial charge is 0.421 e. The Balaban J connectivity index is 1.89. The number of nitrogens with zero attached hydrogens (tertiary/aromatic N) is 2. The fourth-order valence-electron chi connectivity index (χ4n) is 2.38. The molecule has 31 heavy (non-hydrogen) atoms. The summed E-state index contributed by atoms with van der Waals surface area (Å²) < 4.78 is 50.5. The van der Waals surface area contributed by atoms with Crippen LogP contribution in [0.15, 0.2) is 24.4 Å². The normalized spacial score (nSPS) is 11.5. The van der Waals surface area contributed by atoms with Gasteiger partial charge in [0.1, 0.15) is 11.4 Å². The third-order valence-corrected chi connectivity index (χ3v) is 4.63. The molecule has 0 aliphatic carbocycles. The lowest BCUT2D eigenvalue weighted by Gasteiger charge is -2.15. The van der Waals surface area contributed by atoms with Gasteiger partial charge in [0.05, 0.1) is 23.3 Å². The summed E-state index contributed by atoms with van der Waals surface area (Å²) in [5, 5.41) is 6.16. The first kappa shape index (κ1) is 25.4. The summed E-state index contributed by atoms with van der Waals surface area (Å²) in [6.07, 6.45) is -2.60. The van der Waals surface area contributed by atoms with Crippen molar-refractivity contribution in [3.8, 4) is 0 Å². The Morgan fingerprint density at radius 1 is 1.00 bits per heavy atom. The number of nitrogens with one attached hydrogen (secondary N) is 2. The third kappa shape index (κ3) is 9.04. The van der Waals surface area contributed by atoms with E-state index in [9.17, 15) is 13.2 Å². The molecule has 0 fully saturated rings. The molecule has 0 bridgehead atoms. The summed E-state index contributed by atoms with van der Waals surface area (Å²) in [6, 6.07) is 4.69. The molecule has 0 aliphatic rings. The number of benzene rings is 1. The molecule has 4 N–H and O–H groups in total. The molecule has 7 nitrogen and oxygen atoms in total. The van der Waals surface area contributed by atoms with E-state index in [-0.39, 0.29) is 18.3 Å². The molecule has 12 heteroatoms. The van der Waals surface area contributed by atoms with Crippen LogP contribution in [0.25, 0.3) is 0 Å². The van der Waals surface area contributed by atoms with E-state index >= 15 is 0 Å². The number of anilines is 3. The van der Waals surface area contributed by atoms with Crippen molar-refractivity contribution in [2.45, 2.75) is 19.0 Å².